The van der Waals surface area contributed by atoms with Gasteiger partial charge in [-0.3, -0.25) is 15.1 Å². The molecule has 0 unspecified atom stereocenters. The summed E-state index contributed by atoms with van der Waals surface area (Å²) < 4.78 is 7.64. The highest BCUT2D eigenvalue weighted by Gasteiger charge is 2.36. The molecule has 0 radical (unpaired) electrons. The minimum Gasteiger partial charge on any atom is -0.495 e. The van der Waals surface area contributed by atoms with Gasteiger partial charge in [-0.2, -0.15) is 4.99 Å². The summed E-state index contributed by atoms with van der Waals surface area (Å²) in [5.41, 5.74) is 5.84. The van der Waals surface area contributed by atoms with Crippen molar-refractivity contribution >= 4 is 40.4 Å². The van der Waals surface area contributed by atoms with E-state index in [2.05, 4.69) is 9.56 Å². The molecule has 0 atom stereocenters. The lowest BCUT2D eigenvalue weighted by molar-refractivity contribution is -0.114. The molecular weight excluding hydrogens is 432 g/mol. The highest BCUT2D eigenvalue weighted by molar-refractivity contribution is 8.17. The first kappa shape index (κ1) is 21.0. The number of rotatable bonds is 4. The number of aryl methyl sites for hydroxylation is 1. The molecule has 33 heavy (non-hydrogen) atoms. The van der Waals surface area contributed by atoms with E-state index in [9.17, 15) is 4.79 Å². The van der Waals surface area contributed by atoms with Crippen LogP contribution in [0.2, 0.25) is 0 Å². The van der Waals surface area contributed by atoms with Crippen LogP contribution < -0.4 is 4.74 Å². The number of carbonyl (C=O) groups excluding carboxylic acids is 1. The van der Waals surface area contributed by atoms with Crippen LogP contribution in [0.3, 0.4) is 0 Å². The van der Waals surface area contributed by atoms with Crippen LogP contribution in [0.5, 0.6) is 5.75 Å². The van der Waals surface area contributed by atoms with Crippen molar-refractivity contribution in [1.82, 2.24) is 9.47 Å². The molecule has 2 aromatic carbocycles. The maximum atomic E-state index is 12.9. The van der Waals surface area contributed by atoms with Crippen molar-refractivity contribution in [2.45, 2.75) is 13.8 Å². The Balaban J connectivity index is 1.56. The number of aromatic nitrogens is 1. The highest BCUT2D eigenvalue weighted by atomic mass is 32.2. The van der Waals surface area contributed by atoms with E-state index >= 15 is 0 Å². The molecule has 0 spiro atoms. The Morgan fingerprint density at radius 3 is 2.55 bits per heavy atom. The van der Waals surface area contributed by atoms with Crippen molar-refractivity contribution in [2.75, 3.05) is 7.11 Å². The lowest BCUT2D eigenvalue weighted by atomic mass is 10.1. The summed E-state index contributed by atoms with van der Waals surface area (Å²) in [4.78, 5) is 18.9. The predicted octanol–water partition coefficient (Wildman–Crippen LogP) is 5.41. The minimum atomic E-state index is -0.399. The van der Waals surface area contributed by atoms with Crippen LogP contribution in [0, 0.1) is 19.3 Å². The molecule has 2 aliphatic rings. The van der Waals surface area contributed by atoms with Crippen molar-refractivity contribution in [2.24, 2.45) is 4.99 Å². The number of hydrogen-bond donors (Lipinski definition) is 1. The molecule has 6 nitrogen and oxygen atoms in total. The van der Waals surface area contributed by atoms with Gasteiger partial charge in [-0.05, 0) is 49.2 Å². The number of methoxy groups -OCH3 is 1. The minimum absolute atomic E-state index is 0.132. The zero-order valence-corrected chi connectivity index (χ0v) is 19.3. The van der Waals surface area contributed by atoms with Crippen LogP contribution >= 0.6 is 11.8 Å². The number of nitrogens with one attached hydrogen (secondary N) is 1. The van der Waals surface area contributed by atoms with Crippen LogP contribution in [0.1, 0.15) is 22.5 Å². The van der Waals surface area contributed by atoms with Crippen LogP contribution in [0.25, 0.3) is 17.5 Å². The third kappa shape index (κ3) is 3.50. The predicted molar refractivity (Wildman–Crippen MR) is 134 cm³/mol. The van der Waals surface area contributed by atoms with Gasteiger partial charge in [-0.1, -0.05) is 54.2 Å². The van der Waals surface area contributed by atoms with Gasteiger partial charge in [0.1, 0.15) is 11.6 Å². The number of thioether (sulfide) groups is 1. The average Bonchev–Trinajstić information content (AvgIpc) is 3.37. The van der Waals surface area contributed by atoms with E-state index in [1.165, 1.54) is 11.8 Å². The molecule has 0 saturated heterocycles. The van der Waals surface area contributed by atoms with E-state index < -0.39 is 5.91 Å². The number of carbonyl (C=O) groups is 1. The molecule has 1 aromatic heterocycles. The zero-order valence-electron chi connectivity index (χ0n) is 18.5. The second kappa shape index (κ2) is 8.26. The number of ether oxygens (including phenoxy) is 1. The van der Waals surface area contributed by atoms with E-state index in [1.54, 1.807) is 18.1 Å². The zero-order chi connectivity index (χ0) is 23.1. The van der Waals surface area contributed by atoms with Crippen molar-refractivity contribution < 1.29 is 9.53 Å². The highest BCUT2D eigenvalue weighted by Crippen LogP contribution is 2.37. The third-order valence-corrected chi connectivity index (χ3v) is 6.61. The summed E-state index contributed by atoms with van der Waals surface area (Å²) in [6.45, 7) is 4.01. The molecule has 0 bridgehead atoms. The number of amidine groups is 2. The van der Waals surface area contributed by atoms with E-state index in [0.29, 0.717) is 5.17 Å². The number of aliphatic imine (C=N–C) groups is 1. The summed E-state index contributed by atoms with van der Waals surface area (Å²) in [5, 5.41) is 11.3. The summed E-state index contributed by atoms with van der Waals surface area (Å²) in [5.74, 6) is 0.497. The molecule has 164 valence electrons. The topological polar surface area (TPSA) is 70.7 Å². The van der Waals surface area contributed by atoms with Crippen LogP contribution in [-0.2, 0) is 4.79 Å². The number of hydrogen-bond acceptors (Lipinski definition) is 4. The van der Waals surface area contributed by atoms with E-state index in [0.717, 1.165) is 39.6 Å². The molecule has 7 heteroatoms. The first-order valence-electron chi connectivity index (χ1n) is 10.5. The van der Waals surface area contributed by atoms with Crippen LogP contribution in [0.15, 0.2) is 76.6 Å². The first-order valence-corrected chi connectivity index (χ1v) is 11.4. The fourth-order valence-electron chi connectivity index (χ4n) is 4.19. The lowest BCUT2D eigenvalue weighted by Crippen LogP contribution is -2.38. The molecule has 0 aliphatic carbocycles. The fraction of sp³-hybridized carbons (Fsp3) is 0.115. The molecular formula is C26H22N4O2S. The SMILES string of the molecule is COc1ccccc1-n1c(C)cc(C=C2C(=N)N3C(c4ccccc4)=CSC3=NC2=O)c1C. The average molecular weight is 455 g/mol. The Kier molecular flexibility index (Phi) is 5.26. The monoisotopic (exact) mass is 454 g/mol. The van der Waals surface area contributed by atoms with Crippen molar-refractivity contribution in [3.8, 4) is 11.4 Å². The molecule has 5 rings (SSSR count). The quantitative estimate of drug-likeness (QED) is 0.536. The maximum Gasteiger partial charge on any atom is 0.283 e. The molecule has 1 N–H and O–H groups in total. The smallest absolute Gasteiger partial charge is 0.283 e. The van der Waals surface area contributed by atoms with Crippen molar-refractivity contribution in [3.05, 3.63) is 94.2 Å². The van der Waals surface area contributed by atoms with Gasteiger partial charge >= 0.3 is 0 Å². The van der Waals surface area contributed by atoms with Crippen molar-refractivity contribution in [3.63, 3.8) is 0 Å². The summed E-state index contributed by atoms with van der Waals surface area (Å²) in [6.07, 6.45) is 1.77. The second-order valence-corrected chi connectivity index (χ2v) is 8.60. The lowest BCUT2D eigenvalue weighted by Gasteiger charge is -2.26. The second-order valence-electron chi connectivity index (χ2n) is 7.76. The number of fused-ring (bicyclic) bond motifs is 1. The molecule has 0 saturated carbocycles. The molecule has 0 fully saturated rings. The number of amides is 1. The largest absolute Gasteiger partial charge is 0.495 e. The van der Waals surface area contributed by atoms with Gasteiger partial charge in [-0.15, -0.1) is 0 Å². The third-order valence-electron chi connectivity index (χ3n) is 5.78. The summed E-state index contributed by atoms with van der Waals surface area (Å²) in [7, 11) is 1.65. The van der Waals surface area contributed by atoms with Gasteiger partial charge in [0.2, 0.25) is 0 Å². The van der Waals surface area contributed by atoms with Gasteiger partial charge in [0.05, 0.1) is 24.1 Å². The number of nitrogens with zero attached hydrogens (tertiary/aromatic N) is 3. The van der Waals surface area contributed by atoms with Gasteiger partial charge in [0, 0.05) is 16.8 Å². The molecule has 3 heterocycles. The molecule has 1 amide bonds. The van der Waals surface area contributed by atoms with Crippen molar-refractivity contribution in [1.29, 1.82) is 5.41 Å². The van der Waals surface area contributed by atoms with E-state index in [-0.39, 0.29) is 11.4 Å². The Labute approximate surface area is 196 Å². The fourth-order valence-corrected chi connectivity index (χ4v) is 5.08. The summed E-state index contributed by atoms with van der Waals surface area (Å²) >= 11 is 1.36. The summed E-state index contributed by atoms with van der Waals surface area (Å²) in [6, 6.07) is 19.7. The molecule has 2 aliphatic heterocycles. The standard InChI is InChI=1S/C26H22N4O2S/c1-16-13-19(17(2)29(16)21-11-7-8-12-23(21)32-3)14-20-24(27)30-22(18-9-5-4-6-10-18)15-33-26(30)28-25(20)31/h4-15,27H,1-3H3. The van der Waals surface area contributed by atoms with Crippen LogP contribution in [0.4, 0.5) is 0 Å². The van der Waals surface area contributed by atoms with Gasteiger partial charge in [-0.25, -0.2) is 0 Å². The first-order chi connectivity index (χ1) is 16.0. The van der Waals surface area contributed by atoms with E-state index in [1.807, 2.05) is 79.9 Å². The van der Waals surface area contributed by atoms with Crippen LogP contribution in [-0.4, -0.2) is 33.5 Å². The van der Waals surface area contributed by atoms with E-state index in [4.69, 9.17) is 10.1 Å². The molecule has 3 aromatic rings. The van der Waals surface area contributed by atoms with Gasteiger partial charge in [0.25, 0.3) is 5.91 Å². The normalized spacial score (nSPS) is 16.7. The Hall–Kier alpha value is -3.84. The van der Waals surface area contributed by atoms with Gasteiger partial charge in [0.15, 0.2) is 5.17 Å². The Morgan fingerprint density at radius 1 is 1.06 bits per heavy atom. The number of benzene rings is 2. The van der Waals surface area contributed by atoms with Gasteiger partial charge < -0.3 is 9.30 Å². The maximum absolute atomic E-state index is 12.9. The Morgan fingerprint density at radius 2 is 1.79 bits per heavy atom. The Bertz CT molecular complexity index is 1380. The number of para-hydroxylation sites is 2.